The number of hydrogen-bond acceptors (Lipinski definition) is 5. The molecule has 1 aromatic heterocycles. The maximum atomic E-state index is 12.9. The number of nitrogens with one attached hydrogen (secondary N) is 1. The molecule has 4 atom stereocenters. The highest BCUT2D eigenvalue weighted by atomic mass is 16.8. The number of amides is 2. The second-order valence-corrected chi connectivity index (χ2v) is 7.25. The van der Waals surface area contributed by atoms with Crippen LogP contribution in [-0.4, -0.2) is 53.3 Å². The molecule has 138 valence electrons. The average Bonchev–Trinajstić information content (AvgIpc) is 3.20. The zero-order valence-electron chi connectivity index (χ0n) is 15.2. The molecule has 7 heteroatoms. The van der Waals surface area contributed by atoms with Gasteiger partial charge < -0.3 is 24.1 Å². The Morgan fingerprint density at radius 2 is 2.16 bits per heavy atom. The molecule has 3 heterocycles. The summed E-state index contributed by atoms with van der Waals surface area (Å²) >= 11 is 0. The first-order valence-electron chi connectivity index (χ1n) is 8.81. The van der Waals surface area contributed by atoms with Crippen molar-refractivity contribution in [1.82, 2.24) is 10.2 Å². The molecule has 0 saturated carbocycles. The summed E-state index contributed by atoms with van der Waals surface area (Å²) in [5.41, 5.74) is 0.415. The smallest absolute Gasteiger partial charge is 0.257 e. The third-order valence-corrected chi connectivity index (χ3v) is 4.65. The first-order chi connectivity index (χ1) is 11.8. The molecular weight excluding hydrogens is 324 g/mol. The van der Waals surface area contributed by atoms with Crippen LogP contribution >= 0.6 is 0 Å². The topological polar surface area (TPSA) is 81.0 Å². The number of nitrogens with zero attached hydrogens (tertiary/aromatic N) is 1. The molecule has 1 unspecified atom stereocenters. The summed E-state index contributed by atoms with van der Waals surface area (Å²) in [6.45, 7) is 7.99. The molecule has 2 saturated heterocycles. The van der Waals surface area contributed by atoms with E-state index in [1.54, 1.807) is 6.07 Å². The predicted molar refractivity (Wildman–Crippen MR) is 89.9 cm³/mol. The molecule has 0 radical (unpaired) electrons. The first kappa shape index (κ1) is 17.9. The number of rotatable bonds is 5. The molecule has 2 fully saturated rings. The van der Waals surface area contributed by atoms with E-state index >= 15 is 0 Å². The highest BCUT2D eigenvalue weighted by Gasteiger charge is 2.56. The first-order valence-corrected chi connectivity index (χ1v) is 8.81. The molecule has 1 N–H and O–H groups in total. The minimum atomic E-state index is -0.756. The van der Waals surface area contributed by atoms with Crippen molar-refractivity contribution in [2.75, 3.05) is 6.54 Å². The van der Waals surface area contributed by atoms with Crippen LogP contribution in [0.15, 0.2) is 23.0 Å². The van der Waals surface area contributed by atoms with Gasteiger partial charge in [-0.05, 0) is 33.3 Å². The second-order valence-electron chi connectivity index (χ2n) is 7.25. The number of likely N-dealkylation sites (tertiary alicyclic amines) is 1. The van der Waals surface area contributed by atoms with Gasteiger partial charge in [-0.2, -0.15) is 0 Å². The van der Waals surface area contributed by atoms with Gasteiger partial charge in [0, 0.05) is 6.04 Å². The summed E-state index contributed by atoms with van der Waals surface area (Å²) in [5.74, 6) is -1.21. The predicted octanol–water partition coefficient (Wildman–Crippen LogP) is 1.93. The van der Waals surface area contributed by atoms with Crippen LogP contribution in [0.4, 0.5) is 0 Å². The molecule has 2 aliphatic rings. The normalized spacial score (nSPS) is 28.6. The third-order valence-electron chi connectivity index (χ3n) is 4.65. The molecule has 0 aromatic carbocycles. The number of furan rings is 1. The number of ether oxygens (including phenoxy) is 2. The van der Waals surface area contributed by atoms with Gasteiger partial charge in [0.05, 0.1) is 18.4 Å². The molecule has 0 aliphatic carbocycles. The van der Waals surface area contributed by atoms with Gasteiger partial charge in [-0.25, -0.2) is 0 Å². The fourth-order valence-electron chi connectivity index (χ4n) is 3.64. The molecule has 7 nitrogen and oxygen atoms in total. The lowest BCUT2D eigenvalue weighted by atomic mass is 10.1. The Balaban J connectivity index is 1.82. The van der Waals surface area contributed by atoms with Crippen molar-refractivity contribution in [1.29, 1.82) is 0 Å². The Bertz CT molecular complexity index is 627. The lowest BCUT2D eigenvalue weighted by molar-refractivity contribution is -0.162. The summed E-state index contributed by atoms with van der Waals surface area (Å²) in [4.78, 5) is 27.2. The SMILES string of the molecule is CCCC(C)NC(=O)[C@@H]1[C@H]2OC(C)(C)O[C@H]2CN1C(=O)c1ccoc1. The number of carbonyl (C=O) groups is 2. The molecule has 3 rings (SSSR count). The Morgan fingerprint density at radius 3 is 2.80 bits per heavy atom. The number of carbonyl (C=O) groups excluding carboxylic acids is 2. The van der Waals surface area contributed by atoms with Crippen molar-refractivity contribution < 1.29 is 23.5 Å². The molecular formula is C18H26N2O5. The van der Waals surface area contributed by atoms with Crippen molar-refractivity contribution in [2.45, 2.75) is 70.6 Å². The summed E-state index contributed by atoms with van der Waals surface area (Å²) < 4.78 is 16.8. The molecule has 0 spiro atoms. The highest BCUT2D eigenvalue weighted by Crippen LogP contribution is 2.37. The van der Waals surface area contributed by atoms with E-state index in [0.717, 1.165) is 12.8 Å². The van der Waals surface area contributed by atoms with Crippen molar-refractivity contribution in [3.8, 4) is 0 Å². The van der Waals surface area contributed by atoms with Crippen LogP contribution in [0.5, 0.6) is 0 Å². The molecule has 1 aromatic rings. The highest BCUT2D eigenvalue weighted by molar-refractivity contribution is 5.98. The van der Waals surface area contributed by atoms with E-state index in [1.807, 2.05) is 20.8 Å². The van der Waals surface area contributed by atoms with Crippen LogP contribution in [0.25, 0.3) is 0 Å². The van der Waals surface area contributed by atoms with Gasteiger partial charge in [-0.1, -0.05) is 13.3 Å². The summed E-state index contributed by atoms with van der Waals surface area (Å²) in [6, 6.07) is 0.919. The van der Waals surface area contributed by atoms with Gasteiger partial charge >= 0.3 is 0 Å². The van der Waals surface area contributed by atoms with Gasteiger partial charge in [0.25, 0.3) is 5.91 Å². The second kappa shape index (κ2) is 6.80. The van der Waals surface area contributed by atoms with E-state index in [2.05, 4.69) is 12.2 Å². The van der Waals surface area contributed by atoms with Crippen LogP contribution < -0.4 is 5.32 Å². The van der Waals surface area contributed by atoms with Crippen LogP contribution in [0.2, 0.25) is 0 Å². The number of fused-ring (bicyclic) bond motifs is 1. The van der Waals surface area contributed by atoms with Crippen molar-refractivity contribution >= 4 is 11.8 Å². The Kier molecular flexibility index (Phi) is 4.88. The maximum Gasteiger partial charge on any atom is 0.257 e. The van der Waals surface area contributed by atoms with E-state index < -0.39 is 17.9 Å². The van der Waals surface area contributed by atoms with Crippen LogP contribution in [0.1, 0.15) is 50.9 Å². The van der Waals surface area contributed by atoms with Crippen LogP contribution in [0, 0.1) is 0 Å². The van der Waals surface area contributed by atoms with E-state index in [9.17, 15) is 9.59 Å². The average molecular weight is 350 g/mol. The minimum absolute atomic E-state index is 0.0396. The van der Waals surface area contributed by atoms with Crippen molar-refractivity contribution in [3.63, 3.8) is 0 Å². The van der Waals surface area contributed by atoms with Gasteiger partial charge in [0.2, 0.25) is 5.91 Å². The fourth-order valence-corrected chi connectivity index (χ4v) is 3.64. The Hall–Kier alpha value is -1.86. The maximum absolute atomic E-state index is 12.9. The Morgan fingerprint density at radius 1 is 1.40 bits per heavy atom. The minimum Gasteiger partial charge on any atom is -0.472 e. The van der Waals surface area contributed by atoms with Gasteiger partial charge in [-0.3, -0.25) is 9.59 Å². The summed E-state index contributed by atoms with van der Waals surface area (Å²) in [6.07, 6.45) is 3.89. The van der Waals surface area contributed by atoms with E-state index in [0.29, 0.717) is 12.1 Å². The quantitative estimate of drug-likeness (QED) is 0.878. The van der Waals surface area contributed by atoms with E-state index in [4.69, 9.17) is 13.9 Å². The van der Waals surface area contributed by atoms with Crippen molar-refractivity contribution in [3.05, 3.63) is 24.2 Å². The fraction of sp³-hybridized carbons (Fsp3) is 0.667. The third kappa shape index (κ3) is 3.57. The molecule has 2 aliphatic heterocycles. The summed E-state index contributed by atoms with van der Waals surface area (Å²) in [5, 5.41) is 3.00. The van der Waals surface area contributed by atoms with Crippen LogP contribution in [0.3, 0.4) is 0 Å². The lowest BCUT2D eigenvalue weighted by Gasteiger charge is -2.29. The van der Waals surface area contributed by atoms with E-state index in [-0.39, 0.29) is 24.0 Å². The summed E-state index contributed by atoms with van der Waals surface area (Å²) in [7, 11) is 0. The largest absolute Gasteiger partial charge is 0.472 e. The van der Waals surface area contributed by atoms with Gasteiger partial charge in [0.1, 0.15) is 24.5 Å². The molecule has 25 heavy (non-hydrogen) atoms. The lowest BCUT2D eigenvalue weighted by Crippen LogP contribution is -2.53. The van der Waals surface area contributed by atoms with Crippen molar-refractivity contribution in [2.24, 2.45) is 0 Å². The standard InChI is InChI=1S/C18H26N2O5/c1-5-6-11(2)19-16(21)14-15-13(24-18(3,4)25-15)9-20(14)17(22)12-7-8-23-10-12/h7-8,10-11,13-15H,5-6,9H2,1-4H3,(H,19,21)/t11?,13-,14-,15-/m0/s1. The van der Waals surface area contributed by atoms with Crippen LogP contribution in [-0.2, 0) is 14.3 Å². The molecule has 0 bridgehead atoms. The van der Waals surface area contributed by atoms with Gasteiger partial charge in [0.15, 0.2) is 5.79 Å². The monoisotopic (exact) mass is 350 g/mol. The number of hydrogen-bond donors (Lipinski definition) is 1. The van der Waals surface area contributed by atoms with Gasteiger partial charge in [-0.15, -0.1) is 0 Å². The Labute approximate surface area is 147 Å². The molecule has 2 amide bonds. The zero-order valence-corrected chi connectivity index (χ0v) is 15.2. The van der Waals surface area contributed by atoms with E-state index in [1.165, 1.54) is 17.4 Å². The zero-order chi connectivity index (χ0) is 18.2.